The third-order valence-electron chi connectivity index (χ3n) is 3.22. The van der Waals surface area contributed by atoms with E-state index in [0.29, 0.717) is 5.56 Å². The molecule has 4 nitrogen and oxygen atoms in total. The fourth-order valence-corrected chi connectivity index (χ4v) is 2.11. The summed E-state index contributed by atoms with van der Waals surface area (Å²) in [5.74, 6) is 0.0756. The molecule has 0 spiro atoms. The lowest BCUT2D eigenvalue weighted by Crippen LogP contribution is -2.35. The summed E-state index contributed by atoms with van der Waals surface area (Å²) in [5.41, 5.74) is 0.712. The average molecular weight is 233 g/mol. The molecule has 0 bridgehead atoms. The second kappa shape index (κ2) is 5.77. The number of carbonyl (C=O) groups excluding carboxylic acids is 1. The predicted octanol–water partition coefficient (Wildman–Crippen LogP) is 1.25. The highest BCUT2D eigenvalue weighted by molar-refractivity contribution is 5.93. The van der Waals surface area contributed by atoms with Gasteiger partial charge in [0.15, 0.2) is 0 Å². The Bertz CT molecular complexity index is 360. The van der Waals surface area contributed by atoms with E-state index < -0.39 is 0 Å². The maximum atomic E-state index is 12.0. The molecule has 0 radical (unpaired) electrons. The Balaban J connectivity index is 1.83. The molecule has 1 amide bonds. The number of rotatable bonds is 4. The molecule has 0 aliphatic carbocycles. The molecule has 1 fully saturated rings. The van der Waals surface area contributed by atoms with E-state index in [1.165, 1.54) is 25.9 Å². The number of aromatic nitrogens is 1. The molecule has 0 unspecified atom stereocenters. The van der Waals surface area contributed by atoms with Crippen molar-refractivity contribution in [1.29, 1.82) is 0 Å². The number of hydrogen-bond donors (Lipinski definition) is 0. The summed E-state index contributed by atoms with van der Waals surface area (Å²) in [6, 6.07) is 3.52. The largest absolute Gasteiger partial charge is 0.340 e. The van der Waals surface area contributed by atoms with Crippen LogP contribution in [0.2, 0.25) is 0 Å². The van der Waals surface area contributed by atoms with Gasteiger partial charge in [0.25, 0.3) is 5.91 Å². The first kappa shape index (κ1) is 12.0. The van der Waals surface area contributed by atoms with Gasteiger partial charge in [-0.05, 0) is 38.1 Å². The molecule has 1 aromatic heterocycles. The number of carbonyl (C=O) groups is 1. The van der Waals surface area contributed by atoms with E-state index in [4.69, 9.17) is 0 Å². The maximum absolute atomic E-state index is 12.0. The second-order valence-electron chi connectivity index (χ2n) is 4.51. The standard InChI is InChI=1S/C13H19N3O/c1-15(10-11-16-8-2-3-9-16)13(17)12-4-6-14-7-5-12/h4-7H,2-3,8-11H2,1H3. The van der Waals surface area contributed by atoms with Crippen molar-refractivity contribution in [2.45, 2.75) is 12.8 Å². The lowest BCUT2D eigenvalue weighted by molar-refractivity contribution is 0.0782. The molecule has 0 saturated carbocycles. The van der Waals surface area contributed by atoms with E-state index in [1.54, 1.807) is 29.4 Å². The van der Waals surface area contributed by atoms with Crippen molar-refractivity contribution in [1.82, 2.24) is 14.8 Å². The van der Waals surface area contributed by atoms with Crippen LogP contribution in [0.1, 0.15) is 23.2 Å². The van der Waals surface area contributed by atoms with Crippen LogP contribution < -0.4 is 0 Å². The van der Waals surface area contributed by atoms with Crippen molar-refractivity contribution in [3.05, 3.63) is 30.1 Å². The maximum Gasteiger partial charge on any atom is 0.253 e. The Hall–Kier alpha value is -1.42. The Morgan fingerprint density at radius 2 is 2.00 bits per heavy atom. The van der Waals surface area contributed by atoms with Crippen LogP contribution >= 0.6 is 0 Å². The predicted molar refractivity (Wildman–Crippen MR) is 66.9 cm³/mol. The first-order chi connectivity index (χ1) is 8.27. The molecular formula is C13H19N3O. The van der Waals surface area contributed by atoms with Crippen LogP contribution in [0, 0.1) is 0 Å². The fourth-order valence-electron chi connectivity index (χ4n) is 2.11. The lowest BCUT2D eigenvalue weighted by atomic mass is 10.2. The fraction of sp³-hybridized carbons (Fsp3) is 0.538. The minimum atomic E-state index is 0.0756. The van der Waals surface area contributed by atoms with Gasteiger partial charge in [-0.25, -0.2) is 0 Å². The van der Waals surface area contributed by atoms with Crippen molar-refractivity contribution in [3.8, 4) is 0 Å². The quantitative estimate of drug-likeness (QED) is 0.785. The van der Waals surface area contributed by atoms with Crippen LogP contribution in [-0.2, 0) is 0 Å². The zero-order chi connectivity index (χ0) is 12.1. The molecule has 1 saturated heterocycles. The van der Waals surface area contributed by atoms with Gasteiger partial charge in [0.05, 0.1) is 0 Å². The monoisotopic (exact) mass is 233 g/mol. The van der Waals surface area contributed by atoms with Crippen LogP contribution in [0.5, 0.6) is 0 Å². The number of hydrogen-bond acceptors (Lipinski definition) is 3. The molecule has 4 heteroatoms. The van der Waals surface area contributed by atoms with Crippen molar-refractivity contribution >= 4 is 5.91 Å². The SMILES string of the molecule is CN(CCN1CCCC1)C(=O)c1ccncc1. The third-order valence-corrected chi connectivity index (χ3v) is 3.22. The van der Waals surface area contributed by atoms with Gasteiger partial charge in [0, 0.05) is 38.1 Å². The lowest BCUT2D eigenvalue weighted by Gasteiger charge is -2.21. The van der Waals surface area contributed by atoms with Crippen LogP contribution in [-0.4, -0.2) is 53.9 Å². The zero-order valence-electron chi connectivity index (χ0n) is 10.3. The normalized spacial score (nSPS) is 16.1. The number of amides is 1. The van der Waals surface area contributed by atoms with Gasteiger partial charge in [-0.3, -0.25) is 9.78 Å². The number of likely N-dealkylation sites (tertiary alicyclic amines) is 1. The molecule has 1 aromatic rings. The van der Waals surface area contributed by atoms with Gasteiger partial charge in [-0.1, -0.05) is 0 Å². The molecule has 2 heterocycles. The molecule has 2 rings (SSSR count). The highest BCUT2D eigenvalue weighted by Crippen LogP contribution is 2.07. The second-order valence-corrected chi connectivity index (χ2v) is 4.51. The minimum Gasteiger partial charge on any atom is -0.340 e. The minimum absolute atomic E-state index is 0.0756. The first-order valence-electron chi connectivity index (χ1n) is 6.15. The zero-order valence-corrected chi connectivity index (χ0v) is 10.3. The third kappa shape index (κ3) is 3.27. The van der Waals surface area contributed by atoms with Crippen molar-refractivity contribution in [3.63, 3.8) is 0 Å². The molecule has 0 atom stereocenters. The Kier molecular flexibility index (Phi) is 4.09. The van der Waals surface area contributed by atoms with E-state index in [0.717, 1.165) is 13.1 Å². The summed E-state index contributed by atoms with van der Waals surface area (Å²) in [4.78, 5) is 20.1. The summed E-state index contributed by atoms with van der Waals surface area (Å²) >= 11 is 0. The van der Waals surface area contributed by atoms with Crippen LogP contribution in [0.15, 0.2) is 24.5 Å². The van der Waals surface area contributed by atoms with E-state index in [1.807, 2.05) is 7.05 Å². The first-order valence-corrected chi connectivity index (χ1v) is 6.15. The van der Waals surface area contributed by atoms with Crippen LogP contribution in [0.25, 0.3) is 0 Å². The molecular weight excluding hydrogens is 214 g/mol. The number of likely N-dealkylation sites (N-methyl/N-ethyl adjacent to an activating group) is 1. The molecule has 92 valence electrons. The van der Waals surface area contributed by atoms with Gasteiger partial charge in [-0.15, -0.1) is 0 Å². The van der Waals surface area contributed by atoms with Gasteiger partial charge >= 0.3 is 0 Å². The number of pyridine rings is 1. The summed E-state index contributed by atoms with van der Waals surface area (Å²) in [6.45, 7) is 4.13. The van der Waals surface area contributed by atoms with Gasteiger partial charge in [0.1, 0.15) is 0 Å². The van der Waals surface area contributed by atoms with Crippen LogP contribution in [0.4, 0.5) is 0 Å². The van der Waals surface area contributed by atoms with E-state index >= 15 is 0 Å². The Morgan fingerprint density at radius 3 is 2.65 bits per heavy atom. The van der Waals surface area contributed by atoms with Gasteiger partial charge in [-0.2, -0.15) is 0 Å². The molecule has 0 aromatic carbocycles. The summed E-state index contributed by atoms with van der Waals surface area (Å²) in [7, 11) is 1.86. The number of nitrogens with zero attached hydrogens (tertiary/aromatic N) is 3. The molecule has 1 aliphatic rings. The highest BCUT2D eigenvalue weighted by Gasteiger charge is 2.15. The van der Waals surface area contributed by atoms with E-state index in [9.17, 15) is 4.79 Å². The smallest absolute Gasteiger partial charge is 0.253 e. The van der Waals surface area contributed by atoms with Crippen LogP contribution in [0.3, 0.4) is 0 Å². The van der Waals surface area contributed by atoms with Crippen molar-refractivity contribution in [2.75, 3.05) is 33.2 Å². The summed E-state index contributed by atoms with van der Waals surface area (Å²) in [6.07, 6.45) is 5.90. The van der Waals surface area contributed by atoms with Gasteiger partial charge in [0.2, 0.25) is 0 Å². The molecule has 17 heavy (non-hydrogen) atoms. The highest BCUT2D eigenvalue weighted by atomic mass is 16.2. The van der Waals surface area contributed by atoms with Crippen molar-refractivity contribution in [2.24, 2.45) is 0 Å². The summed E-state index contributed by atoms with van der Waals surface area (Å²) in [5, 5.41) is 0. The average Bonchev–Trinajstić information content (AvgIpc) is 2.89. The summed E-state index contributed by atoms with van der Waals surface area (Å²) < 4.78 is 0. The Labute approximate surface area is 102 Å². The molecule has 1 aliphatic heterocycles. The molecule has 0 N–H and O–H groups in total. The van der Waals surface area contributed by atoms with Crippen molar-refractivity contribution < 1.29 is 4.79 Å². The van der Waals surface area contributed by atoms with E-state index in [2.05, 4.69) is 9.88 Å². The topological polar surface area (TPSA) is 36.4 Å². The van der Waals surface area contributed by atoms with E-state index in [-0.39, 0.29) is 5.91 Å². The van der Waals surface area contributed by atoms with Gasteiger partial charge < -0.3 is 9.80 Å². The Morgan fingerprint density at radius 1 is 1.35 bits per heavy atom.